The third-order valence-electron chi connectivity index (χ3n) is 4.64. The van der Waals surface area contributed by atoms with Gasteiger partial charge in [-0.2, -0.15) is 0 Å². The molecule has 3 aromatic carbocycles. The Bertz CT molecular complexity index is 1180. The van der Waals surface area contributed by atoms with Crippen LogP contribution in [0.4, 0.5) is 15.3 Å². The lowest BCUT2D eigenvalue weighted by molar-refractivity contribution is -0.384. The van der Waals surface area contributed by atoms with Crippen molar-refractivity contribution in [1.82, 2.24) is 5.32 Å². The minimum absolute atomic E-state index is 0.0325. The molecule has 0 spiro atoms. The molecule has 0 saturated heterocycles. The highest BCUT2D eigenvalue weighted by Gasteiger charge is 2.23. The highest BCUT2D eigenvalue weighted by molar-refractivity contribution is 5.81. The van der Waals surface area contributed by atoms with Crippen molar-refractivity contribution < 1.29 is 38.6 Å². The van der Waals surface area contributed by atoms with Crippen LogP contribution in [-0.4, -0.2) is 28.2 Å². The monoisotopic (exact) mass is 480 g/mol. The van der Waals surface area contributed by atoms with E-state index in [0.717, 1.165) is 5.56 Å². The van der Waals surface area contributed by atoms with E-state index in [4.69, 9.17) is 14.2 Å². The van der Waals surface area contributed by atoms with Gasteiger partial charge in [0, 0.05) is 12.1 Å². The van der Waals surface area contributed by atoms with E-state index in [1.54, 1.807) is 24.3 Å². The smallest absolute Gasteiger partial charge is 0.479 e. The first-order valence-electron chi connectivity index (χ1n) is 10.2. The van der Waals surface area contributed by atoms with Crippen LogP contribution in [0, 0.1) is 10.1 Å². The fraction of sp³-hybridized carbons (Fsp3) is 0.125. The second-order valence-electron chi connectivity index (χ2n) is 7.11. The number of carboxylic acid groups (broad SMARTS) is 1. The number of amides is 1. The van der Waals surface area contributed by atoms with Gasteiger partial charge >= 0.3 is 18.2 Å². The molecule has 2 N–H and O–H groups in total. The molecule has 0 aliphatic rings. The molecular formula is C24H20N2O9. The van der Waals surface area contributed by atoms with Gasteiger partial charge in [-0.25, -0.2) is 14.4 Å². The molecule has 3 rings (SSSR count). The average Bonchev–Trinajstić information content (AvgIpc) is 2.86. The Balaban J connectivity index is 1.52. The Morgan fingerprint density at radius 2 is 1.46 bits per heavy atom. The van der Waals surface area contributed by atoms with E-state index in [0.29, 0.717) is 5.56 Å². The van der Waals surface area contributed by atoms with Crippen LogP contribution in [-0.2, 0) is 27.5 Å². The van der Waals surface area contributed by atoms with E-state index in [1.807, 2.05) is 6.07 Å². The van der Waals surface area contributed by atoms with Crippen molar-refractivity contribution in [3.63, 3.8) is 0 Å². The van der Waals surface area contributed by atoms with Gasteiger partial charge in [0.05, 0.1) is 4.92 Å². The maximum atomic E-state index is 12.1. The largest absolute Gasteiger partial charge is 0.514 e. The van der Waals surface area contributed by atoms with E-state index in [2.05, 4.69) is 5.32 Å². The normalized spacial score (nSPS) is 11.1. The number of non-ortho nitro benzene ring substituents is 1. The predicted molar refractivity (Wildman–Crippen MR) is 120 cm³/mol. The van der Waals surface area contributed by atoms with Gasteiger partial charge in [-0.15, -0.1) is 0 Å². The topological polar surface area (TPSA) is 154 Å². The Kier molecular flexibility index (Phi) is 8.33. The summed E-state index contributed by atoms with van der Waals surface area (Å²) in [4.78, 5) is 45.7. The highest BCUT2D eigenvalue weighted by atomic mass is 16.7. The number of carboxylic acids is 1. The Hall–Kier alpha value is -4.93. The summed E-state index contributed by atoms with van der Waals surface area (Å²) in [5.74, 6) is -1.22. The molecular weight excluding hydrogens is 460 g/mol. The van der Waals surface area contributed by atoms with Crippen molar-refractivity contribution in [2.24, 2.45) is 0 Å². The summed E-state index contributed by atoms with van der Waals surface area (Å²) in [6, 6.07) is 18.4. The van der Waals surface area contributed by atoms with Crippen molar-refractivity contribution in [3.05, 3.63) is 106 Å². The molecule has 0 aliphatic carbocycles. The van der Waals surface area contributed by atoms with Crippen LogP contribution < -0.4 is 10.1 Å². The van der Waals surface area contributed by atoms with Gasteiger partial charge in [0.1, 0.15) is 19.0 Å². The third-order valence-corrected chi connectivity index (χ3v) is 4.64. The molecule has 11 heteroatoms. The first-order valence-corrected chi connectivity index (χ1v) is 10.2. The number of benzene rings is 3. The number of carbonyl (C=O) groups excluding carboxylic acids is 2. The third kappa shape index (κ3) is 7.56. The SMILES string of the molecule is O=C(N[C@@H](C(=O)O)c1ccc(OC(=O)OCc2ccccc2)cc1)OCc1ccc([N+](=O)[O-])cc1. The van der Waals surface area contributed by atoms with E-state index < -0.39 is 29.2 Å². The number of aliphatic carboxylic acids is 1. The summed E-state index contributed by atoms with van der Waals surface area (Å²) in [6.07, 6.45) is -1.93. The zero-order chi connectivity index (χ0) is 25.2. The first kappa shape index (κ1) is 24.7. The van der Waals surface area contributed by atoms with Gasteiger partial charge in [-0.05, 0) is 41.0 Å². The molecule has 35 heavy (non-hydrogen) atoms. The number of alkyl carbamates (subject to hydrolysis) is 1. The maximum Gasteiger partial charge on any atom is 0.514 e. The summed E-state index contributed by atoms with van der Waals surface area (Å²) in [7, 11) is 0. The fourth-order valence-corrected chi connectivity index (χ4v) is 2.88. The number of carbonyl (C=O) groups is 3. The summed E-state index contributed by atoms with van der Waals surface area (Å²) in [6.45, 7) is -0.182. The van der Waals surface area contributed by atoms with Crippen molar-refractivity contribution in [3.8, 4) is 5.75 Å². The number of rotatable bonds is 9. The molecule has 0 radical (unpaired) electrons. The number of nitrogens with one attached hydrogen (secondary N) is 1. The van der Waals surface area contributed by atoms with E-state index in [9.17, 15) is 29.6 Å². The van der Waals surface area contributed by atoms with Gasteiger partial charge in [0.25, 0.3) is 5.69 Å². The zero-order valence-corrected chi connectivity index (χ0v) is 18.2. The molecule has 11 nitrogen and oxygen atoms in total. The van der Waals surface area contributed by atoms with Crippen LogP contribution >= 0.6 is 0 Å². The van der Waals surface area contributed by atoms with Gasteiger partial charge in [0.15, 0.2) is 6.04 Å². The van der Waals surface area contributed by atoms with Crippen LogP contribution in [0.25, 0.3) is 0 Å². The lowest BCUT2D eigenvalue weighted by Gasteiger charge is -2.15. The second-order valence-corrected chi connectivity index (χ2v) is 7.11. The van der Waals surface area contributed by atoms with Crippen molar-refractivity contribution in [2.75, 3.05) is 0 Å². The summed E-state index contributed by atoms with van der Waals surface area (Å²) in [5.41, 5.74) is 1.37. The standard InChI is InChI=1S/C24H20N2O9/c27-22(28)21(25-23(29)33-14-17-6-10-19(11-7-17)26(31)32)18-8-12-20(13-9-18)35-24(30)34-15-16-4-2-1-3-5-16/h1-13,21H,14-15H2,(H,25,29)(H,27,28)/t21-/m1/s1. The molecule has 0 heterocycles. The van der Waals surface area contributed by atoms with Crippen LogP contribution in [0.2, 0.25) is 0 Å². The van der Waals surface area contributed by atoms with Crippen LogP contribution in [0.3, 0.4) is 0 Å². The van der Waals surface area contributed by atoms with Gasteiger partial charge < -0.3 is 24.6 Å². The number of ether oxygens (including phenoxy) is 3. The summed E-state index contributed by atoms with van der Waals surface area (Å²) < 4.78 is 15.1. The fourth-order valence-electron chi connectivity index (χ4n) is 2.88. The molecule has 1 atom stereocenters. The Morgan fingerprint density at radius 3 is 2.06 bits per heavy atom. The van der Waals surface area contributed by atoms with Crippen LogP contribution in [0.1, 0.15) is 22.7 Å². The quantitative estimate of drug-likeness (QED) is 0.197. The molecule has 0 aliphatic heterocycles. The lowest BCUT2D eigenvalue weighted by atomic mass is 10.1. The molecule has 0 bridgehead atoms. The number of nitro groups is 1. The van der Waals surface area contributed by atoms with Crippen molar-refractivity contribution >= 4 is 23.9 Å². The maximum absolute atomic E-state index is 12.1. The zero-order valence-electron chi connectivity index (χ0n) is 18.2. The Morgan fingerprint density at radius 1 is 0.857 bits per heavy atom. The Labute approximate surface area is 199 Å². The van der Waals surface area contributed by atoms with Crippen LogP contribution in [0.5, 0.6) is 5.75 Å². The molecule has 0 aromatic heterocycles. The molecule has 1 amide bonds. The first-order chi connectivity index (χ1) is 16.8. The van der Waals surface area contributed by atoms with Crippen molar-refractivity contribution in [1.29, 1.82) is 0 Å². The number of nitrogens with zero attached hydrogens (tertiary/aromatic N) is 1. The minimum Gasteiger partial charge on any atom is -0.479 e. The molecule has 180 valence electrons. The number of hydrogen-bond acceptors (Lipinski definition) is 8. The van der Waals surface area contributed by atoms with E-state index in [1.165, 1.54) is 48.5 Å². The van der Waals surface area contributed by atoms with Gasteiger partial charge in [-0.1, -0.05) is 42.5 Å². The second kappa shape index (κ2) is 11.8. The summed E-state index contributed by atoms with van der Waals surface area (Å²) >= 11 is 0. The summed E-state index contributed by atoms with van der Waals surface area (Å²) in [5, 5.41) is 22.4. The predicted octanol–water partition coefficient (Wildman–Crippen LogP) is 4.36. The number of nitro benzene ring substituents is 1. The molecule has 0 unspecified atom stereocenters. The van der Waals surface area contributed by atoms with Gasteiger partial charge in [-0.3, -0.25) is 10.1 Å². The highest BCUT2D eigenvalue weighted by Crippen LogP contribution is 2.19. The molecule has 0 saturated carbocycles. The van der Waals surface area contributed by atoms with E-state index in [-0.39, 0.29) is 30.2 Å². The van der Waals surface area contributed by atoms with E-state index >= 15 is 0 Å². The average molecular weight is 480 g/mol. The van der Waals surface area contributed by atoms with Crippen molar-refractivity contribution in [2.45, 2.75) is 19.3 Å². The molecule has 3 aromatic rings. The molecule has 0 fully saturated rings. The van der Waals surface area contributed by atoms with Crippen LogP contribution in [0.15, 0.2) is 78.9 Å². The lowest BCUT2D eigenvalue weighted by Crippen LogP contribution is -2.34. The van der Waals surface area contributed by atoms with Gasteiger partial charge in [0.2, 0.25) is 0 Å². The minimum atomic E-state index is -1.43. The number of hydrogen-bond donors (Lipinski definition) is 2.